The zero-order chi connectivity index (χ0) is 23.7. The van der Waals surface area contributed by atoms with E-state index in [1.165, 1.54) is 0 Å². The molecule has 0 bridgehead atoms. The van der Waals surface area contributed by atoms with Gasteiger partial charge in [-0.25, -0.2) is 0 Å². The van der Waals surface area contributed by atoms with Gasteiger partial charge in [0, 0.05) is 0 Å². The van der Waals surface area contributed by atoms with Crippen LogP contribution in [-0.2, 0) is 23.7 Å². The fourth-order valence-electron chi connectivity index (χ4n) is 4.08. The molecule has 0 spiro atoms. The highest BCUT2D eigenvalue weighted by Gasteiger charge is 2.51. The molecule has 0 aromatic carbocycles. The van der Waals surface area contributed by atoms with Crippen LogP contribution in [0.1, 0.15) is 6.92 Å². The van der Waals surface area contributed by atoms with Gasteiger partial charge in [-0.15, -0.1) is 0 Å². The summed E-state index contributed by atoms with van der Waals surface area (Å²) >= 11 is 0. The quantitative estimate of drug-likeness (QED) is 0.176. The van der Waals surface area contributed by atoms with Gasteiger partial charge in [0.05, 0.1) is 44.1 Å². The Morgan fingerprint density at radius 1 is 0.750 bits per heavy atom. The Morgan fingerprint density at radius 3 is 1.88 bits per heavy atom. The number of hydrogen-bond donors (Lipinski definition) is 9. The standard InChI is InChI=1S/C18H35N3O11/c1-5-15(11(24)6(19)4-28-5)31-18-10(21)14(27)16(8(3-23)30-18)32-17-9(20)13(26)12(25)7(2-22)29-17/h5-18,22-27H,2-4,19-21H2,1H3/t5-,6+,7-,8-,9-,10-,11-,12-,13-,14-,15+,16-,17+,18+/m1/s1. The van der Waals surface area contributed by atoms with E-state index in [1.54, 1.807) is 6.92 Å². The molecule has 3 aliphatic rings. The zero-order valence-corrected chi connectivity index (χ0v) is 17.7. The number of ether oxygens (including phenoxy) is 5. The maximum Gasteiger partial charge on any atom is 0.176 e. The molecule has 0 unspecified atom stereocenters. The molecule has 14 nitrogen and oxygen atoms in total. The minimum Gasteiger partial charge on any atom is -0.394 e. The molecule has 0 radical (unpaired) electrons. The van der Waals surface area contributed by atoms with Gasteiger partial charge in [-0.3, -0.25) is 0 Å². The Balaban J connectivity index is 1.70. The largest absolute Gasteiger partial charge is 0.394 e. The monoisotopic (exact) mass is 469 g/mol. The maximum atomic E-state index is 10.8. The molecule has 0 saturated carbocycles. The predicted octanol–water partition coefficient (Wildman–Crippen LogP) is -5.96. The zero-order valence-electron chi connectivity index (χ0n) is 17.7. The van der Waals surface area contributed by atoms with Crippen LogP contribution in [0.5, 0.6) is 0 Å². The van der Waals surface area contributed by atoms with Gasteiger partial charge in [-0.05, 0) is 6.92 Å². The molecule has 3 fully saturated rings. The highest BCUT2D eigenvalue weighted by atomic mass is 16.7. The summed E-state index contributed by atoms with van der Waals surface area (Å²) in [6, 6.07) is -3.08. The van der Waals surface area contributed by atoms with E-state index in [1.807, 2.05) is 0 Å². The molecule has 12 N–H and O–H groups in total. The lowest BCUT2D eigenvalue weighted by Gasteiger charge is -2.48. The normalized spacial score (nSPS) is 52.7. The van der Waals surface area contributed by atoms with Crippen LogP contribution in [-0.4, -0.2) is 136 Å². The summed E-state index contributed by atoms with van der Waals surface area (Å²) in [7, 11) is 0. The fourth-order valence-corrected chi connectivity index (χ4v) is 4.08. The minimum atomic E-state index is -1.47. The summed E-state index contributed by atoms with van der Waals surface area (Å²) in [5.74, 6) is 0. The van der Waals surface area contributed by atoms with E-state index in [2.05, 4.69) is 0 Å². The second kappa shape index (κ2) is 10.8. The molecule has 3 heterocycles. The van der Waals surface area contributed by atoms with Crippen molar-refractivity contribution in [3.05, 3.63) is 0 Å². The molecular weight excluding hydrogens is 434 g/mol. The van der Waals surface area contributed by atoms with Crippen molar-refractivity contribution in [2.75, 3.05) is 19.8 Å². The molecule has 14 atom stereocenters. The van der Waals surface area contributed by atoms with E-state index < -0.39 is 98.9 Å². The van der Waals surface area contributed by atoms with Crippen LogP contribution in [0.25, 0.3) is 0 Å². The summed E-state index contributed by atoms with van der Waals surface area (Å²) in [5, 5.41) is 60.3. The van der Waals surface area contributed by atoms with Gasteiger partial charge in [0.25, 0.3) is 0 Å². The summed E-state index contributed by atoms with van der Waals surface area (Å²) < 4.78 is 28.0. The SMILES string of the molecule is C[C@H]1OC[C@H](N)[C@@H](O)[C@H]1O[C@@H]1O[C@H](CO)[C@@H](O[C@@H]2O[C@H](CO)[C@@H](O)[C@H](O)[C@H]2N)[C@H](O)[C@H]1N. The van der Waals surface area contributed by atoms with Crippen molar-refractivity contribution in [3.8, 4) is 0 Å². The van der Waals surface area contributed by atoms with Crippen molar-refractivity contribution in [2.24, 2.45) is 17.2 Å². The van der Waals surface area contributed by atoms with Crippen molar-refractivity contribution >= 4 is 0 Å². The van der Waals surface area contributed by atoms with Crippen molar-refractivity contribution in [1.29, 1.82) is 0 Å². The molecule has 0 amide bonds. The average Bonchev–Trinajstić information content (AvgIpc) is 2.78. The van der Waals surface area contributed by atoms with Crippen LogP contribution in [0.4, 0.5) is 0 Å². The molecule has 3 aliphatic heterocycles. The second-order valence-corrected chi connectivity index (χ2v) is 8.47. The lowest BCUT2D eigenvalue weighted by atomic mass is 9.95. The molecule has 32 heavy (non-hydrogen) atoms. The number of aliphatic hydroxyl groups is 6. The third-order valence-electron chi connectivity index (χ3n) is 6.20. The van der Waals surface area contributed by atoms with Crippen LogP contribution in [0, 0.1) is 0 Å². The number of hydrogen-bond acceptors (Lipinski definition) is 14. The number of nitrogens with two attached hydrogens (primary N) is 3. The highest BCUT2D eigenvalue weighted by molar-refractivity contribution is 4.97. The summed E-state index contributed by atoms with van der Waals surface area (Å²) in [5.41, 5.74) is 17.8. The fraction of sp³-hybridized carbons (Fsp3) is 1.00. The van der Waals surface area contributed by atoms with Gasteiger partial charge in [0.2, 0.25) is 0 Å². The first-order chi connectivity index (χ1) is 15.1. The van der Waals surface area contributed by atoms with Gasteiger partial charge >= 0.3 is 0 Å². The first-order valence-electron chi connectivity index (χ1n) is 10.5. The van der Waals surface area contributed by atoms with E-state index in [0.29, 0.717) is 0 Å². The molecule has 14 heteroatoms. The van der Waals surface area contributed by atoms with Crippen LogP contribution in [0.3, 0.4) is 0 Å². The van der Waals surface area contributed by atoms with Crippen LogP contribution in [0.2, 0.25) is 0 Å². The molecular formula is C18H35N3O11. The van der Waals surface area contributed by atoms with E-state index in [9.17, 15) is 30.6 Å². The lowest BCUT2D eigenvalue weighted by molar-refractivity contribution is -0.340. The van der Waals surface area contributed by atoms with Crippen molar-refractivity contribution in [3.63, 3.8) is 0 Å². The van der Waals surface area contributed by atoms with Crippen molar-refractivity contribution < 1.29 is 54.3 Å². The lowest BCUT2D eigenvalue weighted by Crippen LogP contribution is -2.68. The maximum absolute atomic E-state index is 10.8. The Kier molecular flexibility index (Phi) is 8.79. The van der Waals surface area contributed by atoms with Crippen molar-refractivity contribution in [2.45, 2.75) is 92.6 Å². The Labute approximate surface area is 184 Å². The summed E-state index contributed by atoms with van der Waals surface area (Å²) in [6.45, 7) is 0.608. The smallest absolute Gasteiger partial charge is 0.176 e. The third-order valence-corrected chi connectivity index (χ3v) is 6.20. The third kappa shape index (κ3) is 5.08. The molecule has 0 aromatic heterocycles. The Bertz CT molecular complexity index is 603. The minimum absolute atomic E-state index is 0.147. The summed E-state index contributed by atoms with van der Waals surface area (Å²) in [4.78, 5) is 0. The van der Waals surface area contributed by atoms with Gasteiger partial charge in [-0.1, -0.05) is 0 Å². The van der Waals surface area contributed by atoms with E-state index in [0.717, 1.165) is 0 Å². The molecule has 3 saturated heterocycles. The van der Waals surface area contributed by atoms with Gasteiger partial charge in [0.15, 0.2) is 12.6 Å². The van der Waals surface area contributed by atoms with E-state index >= 15 is 0 Å². The van der Waals surface area contributed by atoms with Crippen LogP contribution >= 0.6 is 0 Å². The second-order valence-electron chi connectivity index (χ2n) is 8.47. The molecule has 188 valence electrons. The van der Waals surface area contributed by atoms with Crippen LogP contribution in [0.15, 0.2) is 0 Å². The van der Waals surface area contributed by atoms with Gasteiger partial charge < -0.3 is 71.5 Å². The van der Waals surface area contributed by atoms with Gasteiger partial charge in [-0.2, -0.15) is 0 Å². The first-order valence-corrected chi connectivity index (χ1v) is 10.5. The highest BCUT2D eigenvalue weighted by Crippen LogP contribution is 2.30. The van der Waals surface area contributed by atoms with Crippen LogP contribution < -0.4 is 17.2 Å². The number of aliphatic hydroxyl groups excluding tert-OH is 6. The average molecular weight is 469 g/mol. The first kappa shape index (κ1) is 26.1. The number of rotatable bonds is 6. The Hall–Kier alpha value is -0.560. The predicted molar refractivity (Wildman–Crippen MR) is 105 cm³/mol. The molecule has 0 aliphatic carbocycles. The molecule has 0 aromatic rings. The van der Waals surface area contributed by atoms with Gasteiger partial charge in [0.1, 0.15) is 48.8 Å². The Morgan fingerprint density at radius 2 is 1.28 bits per heavy atom. The van der Waals surface area contributed by atoms with Crippen molar-refractivity contribution in [1.82, 2.24) is 0 Å². The molecule has 3 rings (SSSR count). The summed E-state index contributed by atoms with van der Waals surface area (Å²) in [6.07, 6.45) is -13.0. The topological polar surface area (TPSA) is 246 Å². The van der Waals surface area contributed by atoms with E-state index in [-0.39, 0.29) is 6.61 Å². The van der Waals surface area contributed by atoms with E-state index in [4.69, 9.17) is 40.9 Å².